The number of carbonyl (C=O) groups is 1. The number of hydrogen-bond acceptors (Lipinski definition) is 3. The Morgan fingerprint density at radius 2 is 2.60 bits per heavy atom. The molecule has 0 spiro atoms. The number of carbonyl (C=O) groups excluding carboxylic acids is 1. The highest BCUT2D eigenvalue weighted by molar-refractivity contribution is 7.10. The SMILES string of the molecule is O=C(Cc1cccs1)N[C@@H]1CCCNC1. The fraction of sp³-hybridized carbons (Fsp3) is 0.545. The lowest BCUT2D eigenvalue weighted by Crippen LogP contribution is -2.46. The van der Waals surface area contributed by atoms with Gasteiger partial charge in [-0.15, -0.1) is 11.3 Å². The molecule has 1 atom stereocenters. The van der Waals surface area contributed by atoms with E-state index in [4.69, 9.17) is 0 Å². The zero-order valence-electron chi connectivity index (χ0n) is 8.66. The molecule has 0 saturated carbocycles. The molecule has 2 rings (SSSR count). The molecule has 0 aromatic carbocycles. The number of amides is 1. The molecule has 4 heteroatoms. The van der Waals surface area contributed by atoms with E-state index >= 15 is 0 Å². The van der Waals surface area contributed by atoms with Crippen molar-refractivity contribution < 1.29 is 4.79 Å². The van der Waals surface area contributed by atoms with Crippen LogP contribution in [0.5, 0.6) is 0 Å². The van der Waals surface area contributed by atoms with Crippen LogP contribution in [0.3, 0.4) is 0 Å². The Bertz CT molecular complexity index is 304. The number of nitrogens with one attached hydrogen (secondary N) is 2. The number of hydrogen-bond donors (Lipinski definition) is 2. The lowest BCUT2D eigenvalue weighted by molar-refractivity contribution is -0.121. The Morgan fingerprint density at radius 3 is 3.27 bits per heavy atom. The van der Waals surface area contributed by atoms with E-state index in [1.54, 1.807) is 11.3 Å². The van der Waals surface area contributed by atoms with E-state index in [2.05, 4.69) is 10.6 Å². The molecule has 1 saturated heterocycles. The van der Waals surface area contributed by atoms with Gasteiger partial charge in [0.25, 0.3) is 0 Å². The van der Waals surface area contributed by atoms with Crippen LogP contribution in [-0.2, 0) is 11.2 Å². The fourth-order valence-electron chi connectivity index (χ4n) is 1.83. The van der Waals surface area contributed by atoms with Gasteiger partial charge in [-0.1, -0.05) is 6.07 Å². The summed E-state index contributed by atoms with van der Waals surface area (Å²) in [5.74, 6) is 0.145. The highest BCUT2D eigenvalue weighted by atomic mass is 32.1. The van der Waals surface area contributed by atoms with Gasteiger partial charge in [-0.3, -0.25) is 4.79 Å². The molecule has 1 aliphatic heterocycles. The van der Waals surface area contributed by atoms with Crippen LogP contribution in [0.15, 0.2) is 17.5 Å². The number of thiophene rings is 1. The summed E-state index contributed by atoms with van der Waals surface area (Å²) in [5, 5.41) is 8.35. The third-order valence-electron chi connectivity index (χ3n) is 2.58. The van der Waals surface area contributed by atoms with Crippen LogP contribution in [0.4, 0.5) is 0 Å². The van der Waals surface area contributed by atoms with Crippen molar-refractivity contribution in [2.24, 2.45) is 0 Å². The molecule has 1 amide bonds. The second kappa shape index (κ2) is 5.28. The van der Waals surface area contributed by atoms with Gasteiger partial charge in [-0.05, 0) is 30.8 Å². The van der Waals surface area contributed by atoms with Crippen molar-refractivity contribution in [3.8, 4) is 0 Å². The number of piperidine rings is 1. The maximum absolute atomic E-state index is 11.6. The van der Waals surface area contributed by atoms with E-state index < -0.39 is 0 Å². The van der Waals surface area contributed by atoms with E-state index in [1.165, 1.54) is 0 Å². The number of rotatable bonds is 3. The lowest BCUT2D eigenvalue weighted by Gasteiger charge is -2.23. The third kappa shape index (κ3) is 3.32. The predicted molar refractivity (Wildman–Crippen MR) is 62.1 cm³/mol. The Kier molecular flexibility index (Phi) is 3.75. The molecule has 82 valence electrons. The molecule has 0 aliphatic carbocycles. The van der Waals surface area contributed by atoms with Crippen LogP contribution in [0, 0.1) is 0 Å². The lowest BCUT2D eigenvalue weighted by atomic mass is 10.1. The highest BCUT2D eigenvalue weighted by Gasteiger charge is 2.15. The summed E-state index contributed by atoms with van der Waals surface area (Å²) in [5.41, 5.74) is 0. The third-order valence-corrected chi connectivity index (χ3v) is 3.45. The summed E-state index contributed by atoms with van der Waals surface area (Å²) in [6.45, 7) is 1.99. The summed E-state index contributed by atoms with van der Waals surface area (Å²) >= 11 is 1.64. The van der Waals surface area contributed by atoms with Gasteiger partial charge in [0.1, 0.15) is 0 Å². The molecule has 1 aliphatic rings. The zero-order valence-corrected chi connectivity index (χ0v) is 9.48. The molecule has 0 radical (unpaired) electrons. The zero-order chi connectivity index (χ0) is 10.5. The van der Waals surface area contributed by atoms with Gasteiger partial charge in [0.2, 0.25) is 5.91 Å². The van der Waals surface area contributed by atoms with Gasteiger partial charge in [-0.2, -0.15) is 0 Å². The molecule has 1 aromatic rings. The van der Waals surface area contributed by atoms with Crippen molar-refractivity contribution in [2.45, 2.75) is 25.3 Å². The van der Waals surface area contributed by atoms with Crippen molar-refractivity contribution in [1.82, 2.24) is 10.6 Å². The highest BCUT2D eigenvalue weighted by Crippen LogP contribution is 2.09. The molecule has 2 N–H and O–H groups in total. The van der Waals surface area contributed by atoms with Crippen molar-refractivity contribution in [2.75, 3.05) is 13.1 Å². The van der Waals surface area contributed by atoms with Crippen molar-refractivity contribution >= 4 is 17.2 Å². The largest absolute Gasteiger partial charge is 0.352 e. The normalized spacial score (nSPS) is 21.2. The standard InChI is InChI=1S/C11H16N2OS/c14-11(7-10-4-2-6-15-10)13-9-3-1-5-12-8-9/h2,4,6,9,12H,1,3,5,7-8H2,(H,13,14)/t9-/m1/s1. The van der Waals surface area contributed by atoms with E-state index in [-0.39, 0.29) is 5.91 Å². The monoisotopic (exact) mass is 224 g/mol. The molecule has 3 nitrogen and oxygen atoms in total. The van der Waals surface area contributed by atoms with E-state index in [0.717, 1.165) is 30.8 Å². The van der Waals surface area contributed by atoms with Crippen molar-refractivity contribution in [1.29, 1.82) is 0 Å². The maximum atomic E-state index is 11.6. The Balaban J connectivity index is 1.76. The smallest absolute Gasteiger partial charge is 0.225 e. The molecular weight excluding hydrogens is 208 g/mol. The summed E-state index contributed by atoms with van der Waals surface area (Å²) in [6.07, 6.45) is 2.78. The first-order valence-electron chi connectivity index (χ1n) is 5.37. The van der Waals surface area contributed by atoms with E-state index in [9.17, 15) is 4.79 Å². The van der Waals surface area contributed by atoms with Crippen LogP contribution in [0.2, 0.25) is 0 Å². The Hall–Kier alpha value is -0.870. The first-order valence-corrected chi connectivity index (χ1v) is 6.25. The fourth-order valence-corrected chi connectivity index (χ4v) is 2.53. The first-order chi connectivity index (χ1) is 7.34. The van der Waals surface area contributed by atoms with E-state index in [1.807, 2.05) is 17.5 Å². The van der Waals surface area contributed by atoms with E-state index in [0.29, 0.717) is 12.5 Å². The van der Waals surface area contributed by atoms with Crippen LogP contribution in [-0.4, -0.2) is 25.0 Å². The van der Waals surface area contributed by atoms with Gasteiger partial charge >= 0.3 is 0 Å². The molecule has 0 bridgehead atoms. The quantitative estimate of drug-likeness (QED) is 0.809. The molecule has 15 heavy (non-hydrogen) atoms. The average molecular weight is 224 g/mol. The molecule has 1 aromatic heterocycles. The van der Waals surface area contributed by atoms with Gasteiger partial charge in [-0.25, -0.2) is 0 Å². The van der Waals surface area contributed by atoms with Gasteiger partial charge < -0.3 is 10.6 Å². The summed E-state index contributed by atoms with van der Waals surface area (Å²) in [7, 11) is 0. The van der Waals surface area contributed by atoms with Gasteiger partial charge in [0.15, 0.2) is 0 Å². The summed E-state index contributed by atoms with van der Waals surface area (Å²) < 4.78 is 0. The topological polar surface area (TPSA) is 41.1 Å². The summed E-state index contributed by atoms with van der Waals surface area (Å²) in [4.78, 5) is 12.8. The van der Waals surface area contributed by atoms with Crippen LogP contribution >= 0.6 is 11.3 Å². The minimum atomic E-state index is 0.145. The molecule has 2 heterocycles. The average Bonchev–Trinajstić information content (AvgIpc) is 2.71. The van der Waals surface area contributed by atoms with Gasteiger partial charge in [0, 0.05) is 17.5 Å². The molecular formula is C11H16N2OS. The van der Waals surface area contributed by atoms with Gasteiger partial charge in [0.05, 0.1) is 6.42 Å². The molecule has 1 fully saturated rings. The molecule has 0 unspecified atom stereocenters. The van der Waals surface area contributed by atoms with Crippen LogP contribution in [0.1, 0.15) is 17.7 Å². The predicted octanol–water partition coefficient (Wildman–Crippen LogP) is 1.16. The second-order valence-corrected chi connectivity index (χ2v) is 4.90. The minimum absolute atomic E-state index is 0.145. The maximum Gasteiger partial charge on any atom is 0.225 e. The van der Waals surface area contributed by atoms with Crippen LogP contribution in [0.25, 0.3) is 0 Å². The minimum Gasteiger partial charge on any atom is -0.352 e. The van der Waals surface area contributed by atoms with Crippen molar-refractivity contribution in [3.05, 3.63) is 22.4 Å². The second-order valence-electron chi connectivity index (χ2n) is 3.87. The first kappa shape index (κ1) is 10.6. The Morgan fingerprint density at radius 1 is 1.67 bits per heavy atom. The van der Waals surface area contributed by atoms with Crippen molar-refractivity contribution in [3.63, 3.8) is 0 Å². The summed E-state index contributed by atoms with van der Waals surface area (Å²) in [6, 6.07) is 4.31. The van der Waals surface area contributed by atoms with Crippen LogP contribution < -0.4 is 10.6 Å². The Labute approximate surface area is 93.9 Å².